The standard InChI is InChI=1S/C22H20ClFN4O/c1-13-16(17-10-15(23)4-5-19(17)24)11-21(22-27(3)8-9-28(13)22)26-20-6-7-25-12-18(20)14(2)29/h4-7,10-12,29H,1-2,8-9H2,3H3,(H,25,26). The van der Waals surface area contributed by atoms with Gasteiger partial charge in [-0.1, -0.05) is 24.8 Å². The van der Waals surface area contributed by atoms with Crippen molar-refractivity contribution in [3.8, 4) is 0 Å². The van der Waals surface area contributed by atoms with Gasteiger partial charge in [-0.2, -0.15) is 0 Å². The number of hydrogen-bond donors (Lipinski definition) is 2. The van der Waals surface area contributed by atoms with Gasteiger partial charge in [-0.3, -0.25) is 4.98 Å². The molecule has 0 atom stereocenters. The zero-order valence-corrected chi connectivity index (χ0v) is 16.7. The van der Waals surface area contributed by atoms with Gasteiger partial charge in [-0.05, 0) is 30.3 Å². The van der Waals surface area contributed by atoms with Crippen molar-refractivity contribution in [1.29, 1.82) is 0 Å². The monoisotopic (exact) mass is 410 g/mol. The molecule has 0 spiro atoms. The van der Waals surface area contributed by atoms with Crippen molar-refractivity contribution in [2.75, 3.05) is 25.5 Å². The molecule has 2 N–H and O–H groups in total. The molecule has 1 aromatic carbocycles. The summed E-state index contributed by atoms with van der Waals surface area (Å²) in [5.74, 6) is 0.464. The van der Waals surface area contributed by atoms with Gasteiger partial charge in [0.2, 0.25) is 0 Å². The molecule has 1 fully saturated rings. The van der Waals surface area contributed by atoms with Crippen LogP contribution in [0, 0.1) is 5.82 Å². The number of pyridine rings is 1. The maximum absolute atomic E-state index is 14.6. The maximum Gasteiger partial charge on any atom is 0.133 e. The number of aliphatic hydroxyl groups excluding tert-OH is 1. The Morgan fingerprint density at radius 1 is 1.31 bits per heavy atom. The Labute approximate surface area is 173 Å². The summed E-state index contributed by atoms with van der Waals surface area (Å²) in [6, 6.07) is 6.22. The first-order chi connectivity index (χ1) is 13.9. The van der Waals surface area contributed by atoms with Crippen molar-refractivity contribution in [1.82, 2.24) is 14.8 Å². The second-order valence-corrected chi connectivity index (χ2v) is 7.37. The Morgan fingerprint density at radius 2 is 2.10 bits per heavy atom. The quantitative estimate of drug-likeness (QED) is 0.706. The molecule has 148 valence electrons. The van der Waals surface area contributed by atoms with E-state index in [1.165, 1.54) is 18.3 Å². The van der Waals surface area contributed by atoms with Crippen LogP contribution in [0.5, 0.6) is 0 Å². The molecule has 7 heteroatoms. The van der Waals surface area contributed by atoms with E-state index in [2.05, 4.69) is 28.4 Å². The predicted octanol–water partition coefficient (Wildman–Crippen LogP) is 4.84. The Kier molecular flexibility index (Phi) is 4.80. The van der Waals surface area contributed by atoms with Crippen molar-refractivity contribution >= 4 is 28.6 Å². The number of halogens is 2. The lowest BCUT2D eigenvalue weighted by molar-refractivity contribution is 0.428. The van der Waals surface area contributed by atoms with Crippen LogP contribution in [0.3, 0.4) is 0 Å². The summed E-state index contributed by atoms with van der Waals surface area (Å²) in [5.41, 5.74) is 3.62. The zero-order valence-electron chi connectivity index (χ0n) is 15.9. The van der Waals surface area contributed by atoms with E-state index in [0.717, 1.165) is 24.6 Å². The summed E-state index contributed by atoms with van der Waals surface area (Å²) in [6.45, 7) is 9.33. The molecule has 29 heavy (non-hydrogen) atoms. The molecule has 5 nitrogen and oxygen atoms in total. The molecule has 0 aliphatic carbocycles. The molecule has 0 unspecified atom stereocenters. The van der Waals surface area contributed by atoms with Gasteiger partial charge in [-0.15, -0.1) is 0 Å². The molecule has 4 rings (SSSR count). The van der Waals surface area contributed by atoms with Crippen LogP contribution < -0.4 is 5.32 Å². The van der Waals surface area contributed by atoms with E-state index in [0.29, 0.717) is 33.1 Å². The first-order valence-corrected chi connectivity index (χ1v) is 9.43. The lowest BCUT2D eigenvalue weighted by Gasteiger charge is -2.32. The molecule has 2 aromatic rings. The van der Waals surface area contributed by atoms with Crippen molar-refractivity contribution < 1.29 is 9.50 Å². The van der Waals surface area contributed by atoms with Crippen LogP contribution in [0.2, 0.25) is 5.02 Å². The molecular weight excluding hydrogens is 391 g/mol. The molecule has 1 aromatic heterocycles. The lowest BCUT2D eigenvalue weighted by atomic mass is 9.98. The number of hydrogen-bond acceptors (Lipinski definition) is 5. The van der Waals surface area contributed by atoms with Gasteiger partial charge in [0.1, 0.15) is 17.4 Å². The van der Waals surface area contributed by atoms with Crippen molar-refractivity contribution in [2.45, 2.75) is 0 Å². The molecule has 0 radical (unpaired) electrons. The largest absolute Gasteiger partial charge is 0.508 e. The summed E-state index contributed by atoms with van der Waals surface area (Å²) in [4.78, 5) is 8.19. The molecule has 2 aliphatic heterocycles. The summed E-state index contributed by atoms with van der Waals surface area (Å²) in [7, 11) is 1.99. The third-order valence-corrected chi connectivity index (χ3v) is 5.30. The van der Waals surface area contributed by atoms with E-state index in [-0.39, 0.29) is 11.6 Å². The number of likely N-dealkylation sites (N-methyl/N-ethyl adjacent to an activating group) is 1. The Morgan fingerprint density at radius 3 is 2.86 bits per heavy atom. The summed E-state index contributed by atoms with van der Waals surface area (Å²) in [6.07, 6.45) is 5.02. The van der Waals surface area contributed by atoms with E-state index in [1.54, 1.807) is 18.3 Å². The van der Waals surface area contributed by atoms with Crippen LogP contribution in [0.4, 0.5) is 10.1 Å². The molecule has 0 bridgehead atoms. The maximum atomic E-state index is 14.6. The first kappa shape index (κ1) is 19.1. The van der Waals surface area contributed by atoms with E-state index in [4.69, 9.17) is 11.6 Å². The minimum absolute atomic E-state index is 0.0897. The third-order valence-electron chi connectivity index (χ3n) is 5.06. The fourth-order valence-corrected chi connectivity index (χ4v) is 3.80. The van der Waals surface area contributed by atoms with Crippen LogP contribution in [0.25, 0.3) is 11.3 Å². The Balaban J connectivity index is 1.86. The number of aliphatic hydroxyl groups is 1. The smallest absolute Gasteiger partial charge is 0.133 e. The van der Waals surface area contributed by atoms with Crippen molar-refractivity contribution in [3.63, 3.8) is 0 Å². The number of aromatic nitrogens is 1. The van der Waals surface area contributed by atoms with Crippen LogP contribution in [-0.4, -0.2) is 40.0 Å². The van der Waals surface area contributed by atoms with Crippen molar-refractivity contribution in [2.24, 2.45) is 0 Å². The van der Waals surface area contributed by atoms with Crippen LogP contribution in [-0.2, 0) is 0 Å². The van der Waals surface area contributed by atoms with Crippen molar-refractivity contribution in [3.05, 3.63) is 95.1 Å². The highest BCUT2D eigenvalue weighted by Gasteiger charge is 2.33. The number of fused-ring (bicyclic) bond motifs is 1. The molecule has 0 saturated carbocycles. The summed E-state index contributed by atoms with van der Waals surface area (Å²) < 4.78 is 14.6. The van der Waals surface area contributed by atoms with Gasteiger partial charge in [-0.25, -0.2) is 4.39 Å². The highest BCUT2D eigenvalue weighted by atomic mass is 35.5. The second kappa shape index (κ2) is 7.29. The van der Waals surface area contributed by atoms with E-state index in [1.807, 2.05) is 18.0 Å². The topological polar surface area (TPSA) is 51.6 Å². The molecule has 0 amide bonds. The number of benzene rings is 1. The van der Waals surface area contributed by atoms with E-state index >= 15 is 0 Å². The average Bonchev–Trinajstić information content (AvgIpc) is 3.09. The number of nitrogens with zero attached hydrogens (tertiary/aromatic N) is 3. The average molecular weight is 411 g/mol. The van der Waals surface area contributed by atoms with Gasteiger partial charge >= 0.3 is 0 Å². The minimum atomic E-state index is -0.370. The molecular formula is C22H20ClFN4O. The van der Waals surface area contributed by atoms with Crippen LogP contribution in [0.15, 0.2) is 73.1 Å². The third kappa shape index (κ3) is 3.36. The summed E-state index contributed by atoms with van der Waals surface area (Å²) >= 11 is 6.12. The predicted molar refractivity (Wildman–Crippen MR) is 114 cm³/mol. The van der Waals surface area contributed by atoms with Gasteiger partial charge in [0, 0.05) is 54.4 Å². The van der Waals surface area contributed by atoms with Crippen LogP contribution in [0.1, 0.15) is 11.1 Å². The number of rotatable bonds is 4. The molecule has 1 saturated heterocycles. The van der Waals surface area contributed by atoms with Gasteiger partial charge in [0.25, 0.3) is 0 Å². The molecule has 3 heterocycles. The van der Waals surface area contributed by atoms with E-state index in [9.17, 15) is 9.50 Å². The molecule has 2 aliphatic rings. The Bertz CT molecular complexity index is 1090. The van der Waals surface area contributed by atoms with Crippen LogP contribution >= 0.6 is 11.6 Å². The van der Waals surface area contributed by atoms with Gasteiger partial charge in [0.05, 0.1) is 16.9 Å². The normalized spacial score (nSPS) is 16.1. The minimum Gasteiger partial charge on any atom is -0.508 e. The van der Waals surface area contributed by atoms with Gasteiger partial charge < -0.3 is 20.2 Å². The second-order valence-electron chi connectivity index (χ2n) is 6.93. The highest BCUT2D eigenvalue weighted by molar-refractivity contribution is 6.30. The first-order valence-electron chi connectivity index (χ1n) is 9.05. The Hall–Kier alpha value is -3.25. The lowest BCUT2D eigenvalue weighted by Crippen LogP contribution is -2.28. The highest BCUT2D eigenvalue weighted by Crippen LogP contribution is 2.39. The van der Waals surface area contributed by atoms with Gasteiger partial charge in [0.15, 0.2) is 0 Å². The SMILES string of the molecule is C=C(O)c1cnccc1NC1=C2N(C)CCN2C(=C)C(c2cc(Cl)ccc2F)=C1. The fourth-order valence-electron chi connectivity index (χ4n) is 3.63. The summed E-state index contributed by atoms with van der Waals surface area (Å²) in [5, 5.41) is 13.7. The fraction of sp³-hybridized carbons (Fsp3) is 0.136. The zero-order chi connectivity index (χ0) is 20.7. The number of nitrogens with one attached hydrogen (secondary N) is 1. The number of anilines is 1. The van der Waals surface area contributed by atoms with E-state index < -0.39 is 0 Å². The number of allylic oxidation sites excluding steroid dienone is 2.